The molecule has 7 nitrogen and oxygen atoms in total. The lowest BCUT2D eigenvalue weighted by Gasteiger charge is -2.32. The number of nitrogens with zero attached hydrogens (tertiary/aromatic N) is 3. The Morgan fingerprint density at radius 3 is 2.60 bits per heavy atom. The number of likely N-dealkylation sites (tertiary alicyclic amines) is 1. The molecule has 0 spiro atoms. The van der Waals surface area contributed by atoms with Gasteiger partial charge in [0.05, 0.1) is 22.4 Å². The van der Waals surface area contributed by atoms with E-state index in [0.717, 1.165) is 49.1 Å². The quantitative estimate of drug-likeness (QED) is 0.235. The molecule has 2 aromatic heterocycles. The Kier molecular flexibility index (Phi) is 10.0. The maximum absolute atomic E-state index is 12.8. The third kappa shape index (κ3) is 8.70. The molecule has 3 heterocycles. The summed E-state index contributed by atoms with van der Waals surface area (Å²) in [6.07, 6.45) is 5.38. The highest BCUT2D eigenvalue weighted by Crippen LogP contribution is 2.33. The zero-order chi connectivity index (χ0) is 25.6. The van der Waals surface area contributed by atoms with Crippen molar-refractivity contribution in [1.29, 1.82) is 0 Å². The number of piperidine rings is 1. The second-order valence-electron chi connectivity index (χ2n) is 11.4. The number of hydrogen-bond acceptors (Lipinski definition) is 8. The van der Waals surface area contributed by atoms with Gasteiger partial charge in [0.1, 0.15) is 5.76 Å². The topological polar surface area (TPSA) is 80.5 Å². The van der Waals surface area contributed by atoms with Crippen LogP contribution in [0, 0.1) is 11.8 Å². The fourth-order valence-electron chi connectivity index (χ4n) is 3.56. The number of thioether (sulfide) groups is 1. The van der Waals surface area contributed by atoms with E-state index in [0.29, 0.717) is 27.7 Å². The van der Waals surface area contributed by atoms with Crippen LogP contribution in [0.3, 0.4) is 0 Å². The summed E-state index contributed by atoms with van der Waals surface area (Å²) in [7, 11) is -0.541. The van der Waals surface area contributed by atoms with E-state index in [1.807, 2.05) is 12.4 Å². The number of anilines is 1. The molecule has 0 atom stereocenters. The van der Waals surface area contributed by atoms with Crippen LogP contribution in [-0.2, 0) is 20.4 Å². The second kappa shape index (κ2) is 12.4. The van der Waals surface area contributed by atoms with Crippen molar-refractivity contribution >= 4 is 43.9 Å². The molecule has 3 rings (SSSR count). The van der Waals surface area contributed by atoms with Gasteiger partial charge in [-0.2, -0.15) is 0 Å². The van der Waals surface area contributed by atoms with Crippen LogP contribution in [0.4, 0.5) is 5.13 Å². The maximum atomic E-state index is 12.8. The molecule has 35 heavy (non-hydrogen) atoms. The van der Waals surface area contributed by atoms with Gasteiger partial charge in [0, 0.05) is 24.5 Å². The van der Waals surface area contributed by atoms with Crippen molar-refractivity contribution in [3.05, 3.63) is 24.0 Å². The Morgan fingerprint density at radius 2 is 1.97 bits per heavy atom. The zero-order valence-corrected chi connectivity index (χ0v) is 25.4. The van der Waals surface area contributed by atoms with Gasteiger partial charge in [-0.05, 0) is 36.9 Å². The summed E-state index contributed by atoms with van der Waals surface area (Å²) in [4.78, 5) is 24.0. The van der Waals surface area contributed by atoms with Crippen molar-refractivity contribution in [2.24, 2.45) is 11.8 Å². The summed E-state index contributed by atoms with van der Waals surface area (Å²) < 4.78 is 13.0. The molecule has 1 fully saturated rings. The third-order valence-electron chi connectivity index (χ3n) is 6.89. The summed E-state index contributed by atoms with van der Waals surface area (Å²) in [5.41, 5.74) is -0.0476. The van der Waals surface area contributed by atoms with Gasteiger partial charge in [0.2, 0.25) is 11.8 Å². The predicted molar refractivity (Wildman–Crippen MR) is 148 cm³/mol. The van der Waals surface area contributed by atoms with Gasteiger partial charge in [-0.15, -0.1) is 11.8 Å². The summed E-state index contributed by atoms with van der Waals surface area (Å²) >= 11 is 3.13. The fraction of sp³-hybridized carbons (Fsp3) is 0.720. The van der Waals surface area contributed by atoms with Crippen molar-refractivity contribution in [2.45, 2.75) is 81.7 Å². The molecule has 0 aliphatic carbocycles. The van der Waals surface area contributed by atoms with Crippen LogP contribution in [-0.4, -0.2) is 56.8 Å². The van der Waals surface area contributed by atoms with Crippen LogP contribution in [0.5, 0.6) is 0 Å². The molecule has 1 saturated heterocycles. The van der Waals surface area contributed by atoms with Gasteiger partial charge in [0.15, 0.2) is 14.9 Å². The number of hydrogen-bond donors (Lipinski definition) is 1. The molecule has 1 aliphatic heterocycles. The molecule has 10 heteroatoms. The number of nitrogens with one attached hydrogen (secondary N) is 1. The number of amides is 1. The monoisotopic (exact) mass is 538 g/mol. The average molecular weight is 539 g/mol. The molecule has 196 valence electrons. The first kappa shape index (κ1) is 28.4. The Morgan fingerprint density at radius 1 is 1.26 bits per heavy atom. The Bertz CT molecular complexity index is 947. The zero-order valence-electron chi connectivity index (χ0n) is 22.3. The van der Waals surface area contributed by atoms with Gasteiger partial charge < -0.3 is 19.1 Å². The van der Waals surface area contributed by atoms with Gasteiger partial charge in [-0.25, -0.2) is 9.97 Å². The van der Waals surface area contributed by atoms with E-state index >= 15 is 0 Å². The number of carbonyl (C=O) groups excluding carboxylic acids is 1. The fourth-order valence-corrected chi connectivity index (χ4v) is 6.42. The van der Waals surface area contributed by atoms with Crippen LogP contribution < -0.4 is 5.32 Å². The van der Waals surface area contributed by atoms with Crippen molar-refractivity contribution < 1.29 is 13.6 Å². The first-order chi connectivity index (χ1) is 16.4. The number of oxazole rings is 1. The van der Waals surface area contributed by atoms with Crippen LogP contribution in [0.25, 0.3) is 0 Å². The minimum absolute atomic E-state index is 0.0459. The Hall–Kier alpha value is -1.20. The normalized spacial score (nSPS) is 16.6. The predicted octanol–water partition coefficient (Wildman–Crippen LogP) is 5.33. The van der Waals surface area contributed by atoms with Crippen molar-refractivity contribution in [1.82, 2.24) is 14.9 Å². The van der Waals surface area contributed by atoms with Crippen LogP contribution in [0.15, 0.2) is 21.0 Å². The highest BCUT2D eigenvalue weighted by atomic mass is 32.2. The Balaban J connectivity index is 1.35. The molecule has 1 aliphatic rings. The average Bonchev–Trinajstić information content (AvgIpc) is 3.45. The lowest BCUT2D eigenvalue weighted by molar-refractivity contribution is -0.121. The van der Waals surface area contributed by atoms with E-state index in [9.17, 15) is 4.79 Å². The van der Waals surface area contributed by atoms with Crippen molar-refractivity contribution in [2.75, 3.05) is 31.6 Å². The van der Waals surface area contributed by atoms with Crippen molar-refractivity contribution in [3.63, 3.8) is 0 Å². The standard InChI is InChI=1S/C25H42N4O3S2Si/c1-17(2)25(6,7)35-31-13-12-29-10-8-18(9-11-29)22(30)28-23-27-15-21(34-23)33-16-20-26-14-19(32-20)24(3,4)5/h14-15,17-18H,8-13,16,35H2,1-7H3,(H,27,28,30). The molecule has 2 aromatic rings. The number of aromatic nitrogens is 2. The highest BCUT2D eigenvalue weighted by molar-refractivity contribution is 8.00. The molecule has 1 N–H and O–H groups in total. The van der Waals surface area contributed by atoms with Gasteiger partial charge in [-0.3, -0.25) is 4.79 Å². The maximum Gasteiger partial charge on any atom is 0.229 e. The highest BCUT2D eigenvalue weighted by Gasteiger charge is 2.27. The summed E-state index contributed by atoms with van der Waals surface area (Å²) in [6, 6.07) is 0. The minimum atomic E-state index is -0.541. The third-order valence-corrected chi connectivity index (χ3v) is 11.0. The molecule has 0 saturated carbocycles. The van der Waals surface area contributed by atoms with Gasteiger partial charge in [-0.1, -0.05) is 59.8 Å². The summed E-state index contributed by atoms with van der Waals surface area (Å²) in [5, 5.41) is 4.03. The number of carbonyl (C=O) groups is 1. The largest absolute Gasteiger partial charge is 0.444 e. The SMILES string of the molecule is CC(C)C(C)(C)[SiH2]OCCN1CCC(C(=O)Nc2ncc(SCc3ncc(C(C)(C)C)o3)s2)CC1. The Labute approximate surface area is 221 Å². The number of rotatable bonds is 11. The molecule has 0 radical (unpaired) electrons. The summed E-state index contributed by atoms with van der Waals surface area (Å²) in [5.74, 6) is 3.03. The van der Waals surface area contributed by atoms with Crippen molar-refractivity contribution in [3.8, 4) is 0 Å². The van der Waals surface area contributed by atoms with E-state index in [2.05, 4.69) is 68.7 Å². The molecule has 0 aromatic carbocycles. The van der Waals surface area contributed by atoms with E-state index in [1.54, 1.807) is 11.8 Å². The minimum Gasteiger partial charge on any atom is -0.444 e. The first-order valence-corrected chi connectivity index (χ1v) is 15.7. The van der Waals surface area contributed by atoms with E-state index in [4.69, 9.17) is 8.84 Å². The molecule has 1 amide bonds. The van der Waals surface area contributed by atoms with E-state index in [-0.39, 0.29) is 17.2 Å². The summed E-state index contributed by atoms with van der Waals surface area (Å²) in [6.45, 7) is 19.2. The van der Waals surface area contributed by atoms with Crippen LogP contribution in [0.2, 0.25) is 5.04 Å². The lowest BCUT2D eigenvalue weighted by atomic mass is 9.94. The van der Waals surface area contributed by atoms with Gasteiger partial charge in [0.25, 0.3) is 0 Å². The number of thiazole rings is 1. The lowest BCUT2D eigenvalue weighted by Crippen LogP contribution is -2.40. The molecule has 0 bridgehead atoms. The van der Waals surface area contributed by atoms with Gasteiger partial charge >= 0.3 is 0 Å². The smallest absolute Gasteiger partial charge is 0.229 e. The molecular formula is C25H42N4O3S2Si. The molecule has 0 unspecified atom stereocenters. The van der Waals surface area contributed by atoms with E-state index < -0.39 is 9.76 Å². The van der Waals surface area contributed by atoms with Crippen LogP contribution in [0.1, 0.15) is 73.0 Å². The second-order valence-corrected chi connectivity index (χ2v) is 16.3. The van der Waals surface area contributed by atoms with E-state index in [1.165, 1.54) is 11.3 Å². The molecular weight excluding hydrogens is 497 g/mol. The van der Waals surface area contributed by atoms with Crippen LogP contribution >= 0.6 is 23.1 Å². The first-order valence-electron chi connectivity index (χ1n) is 12.6.